The summed E-state index contributed by atoms with van der Waals surface area (Å²) in [4.78, 5) is 45.7. The lowest BCUT2D eigenvalue weighted by Crippen LogP contribution is -2.54. The van der Waals surface area contributed by atoms with E-state index < -0.39 is 23.8 Å². The molecule has 266 valence electrons. The predicted octanol–water partition coefficient (Wildman–Crippen LogP) is 4.38. The first kappa shape index (κ1) is 36.2. The van der Waals surface area contributed by atoms with Crippen molar-refractivity contribution in [1.82, 2.24) is 4.98 Å². The van der Waals surface area contributed by atoms with Crippen LogP contribution in [-0.4, -0.2) is 70.3 Å². The van der Waals surface area contributed by atoms with Crippen LogP contribution in [-0.2, 0) is 20.9 Å². The molecule has 13 heteroatoms. The number of methoxy groups -OCH3 is 5. The Bertz CT molecular complexity index is 2050. The molecule has 0 bridgehead atoms. The van der Waals surface area contributed by atoms with Crippen molar-refractivity contribution < 1.29 is 47.5 Å². The average molecular weight is 698 g/mol. The molecule has 0 spiro atoms. The maximum absolute atomic E-state index is 14.7. The van der Waals surface area contributed by atoms with Gasteiger partial charge in [0.25, 0.3) is 5.91 Å². The number of nitrogens with one attached hydrogen (secondary N) is 1. The number of benzene rings is 3. The molecule has 1 aliphatic rings. The molecule has 0 aliphatic carbocycles. The van der Waals surface area contributed by atoms with Crippen LogP contribution in [0, 0.1) is 0 Å². The molecule has 0 saturated carbocycles. The van der Waals surface area contributed by atoms with Gasteiger partial charge in [0, 0.05) is 35.5 Å². The quantitative estimate of drug-likeness (QED) is 0.239. The molecule has 1 unspecified atom stereocenters. The van der Waals surface area contributed by atoms with Crippen molar-refractivity contribution in [3.8, 4) is 28.7 Å². The van der Waals surface area contributed by atoms with Gasteiger partial charge in [0.1, 0.15) is 23.4 Å². The second-order valence-electron chi connectivity index (χ2n) is 12.2. The van der Waals surface area contributed by atoms with Crippen molar-refractivity contribution in [1.29, 1.82) is 0 Å². The van der Waals surface area contributed by atoms with Gasteiger partial charge in [0.15, 0.2) is 29.2 Å². The number of ether oxygens (including phenoxy) is 7. The number of amides is 2. The van der Waals surface area contributed by atoms with Gasteiger partial charge in [-0.2, -0.15) is 0 Å². The van der Waals surface area contributed by atoms with Crippen LogP contribution in [0.1, 0.15) is 42.4 Å². The van der Waals surface area contributed by atoms with Crippen LogP contribution in [0.3, 0.4) is 0 Å². The molecule has 5 rings (SSSR count). The van der Waals surface area contributed by atoms with Gasteiger partial charge < -0.3 is 33.2 Å². The zero-order valence-corrected chi connectivity index (χ0v) is 29.6. The summed E-state index contributed by atoms with van der Waals surface area (Å²) in [5, 5.41) is 2.86. The van der Waals surface area contributed by atoms with Crippen molar-refractivity contribution >= 4 is 34.9 Å². The molecule has 0 radical (unpaired) electrons. The molecule has 1 aromatic heterocycles. The number of fused-ring (bicyclic) bond motifs is 1. The van der Waals surface area contributed by atoms with Crippen LogP contribution in [0.25, 0.3) is 5.57 Å². The van der Waals surface area contributed by atoms with Crippen LogP contribution < -0.4 is 44.3 Å². The largest absolute Gasteiger partial charge is 0.493 e. The second kappa shape index (κ2) is 15.2. The molecule has 1 atom stereocenters. The van der Waals surface area contributed by atoms with E-state index in [1.54, 1.807) is 75.5 Å². The van der Waals surface area contributed by atoms with Crippen LogP contribution in [0.2, 0.25) is 0 Å². The molecule has 1 N–H and O–H groups in total. The zero-order chi connectivity index (χ0) is 36.9. The number of hydrogen-bond donors (Lipinski definition) is 1. The Kier molecular flexibility index (Phi) is 10.8. The van der Waals surface area contributed by atoms with E-state index in [0.717, 1.165) is 0 Å². The summed E-state index contributed by atoms with van der Waals surface area (Å²) in [6.07, 6.45) is -0.0995. The average Bonchev–Trinajstić information content (AvgIpc) is 3.12. The third kappa shape index (κ3) is 7.45. The molecule has 4 aromatic rings. The Morgan fingerprint density at radius 1 is 0.882 bits per heavy atom. The zero-order valence-electron chi connectivity index (χ0n) is 29.6. The van der Waals surface area contributed by atoms with Gasteiger partial charge in [0.2, 0.25) is 5.75 Å². The van der Waals surface area contributed by atoms with Gasteiger partial charge in [-0.25, -0.2) is 9.59 Å². The molecular weight excluding hydrogens is 658 g/mol. The van der Waals surface area contributed by atoms with Crippen molar-refractivity contribution in [3.63, 3.8) is 0 Å². The number of carbonyl (C=O) groups excluding carboxylic acids is 3. The number of rotatable bonds is 11. The lowest BCUT2D eigenvalue weighted by atomic mass is 9.91. The summed E-state index contributed by atoms with van der Waals surface area (Å²) >= 11 is 0. The fourth-order valence-electron chi connectivity index (χ4n) is 5.75. The van der Waals surface area contributed by atoms with E-state index in [0.29, 0.717) is 45.5 Å². The summed E-state index contributed by atoms with van der Waals surface area (Å²) in [6, 6.07) is 16.9. The van der Waals surface area contributed by atoms with E-state index in [1.165, 1.54) is 46.5 Å². The normalized spacial score (nSPS) is 13.9. The summed E-state index contributed by atoms with van der Waals surface area (Å²) < 4.78 is 40.1. The van der Waals surface area contributed by atoms with Crippen LogP contribution >= 0.6 is 0 Å². The molecular formula is C38H39N3O10. The van der Waals surface area contributed by atoms with E-state index in [-0.39, 0.29) is 34.1 Å². The summed E-state index contributed by atoms with van der Waals surface area (Å²) in [5.74, 6) is 2.68. The lowest BCUT2D eigenvalue weighted by Gasteiger charge is -2.36. The minimum atomic E-state index is -1.10. The van der Waals surface area contributed by atoms with Gasteiger partial charge in [-0.05, 0) is 80.9 Å². The van der Waals surface area contributed by atoms with E-state index in [1.807, 2.05) is 12.0 Å². The Balaban J connectivity index is 1.76. The minimum Gasteiger partial charge on any atom is -0.493 e. The Morgan fingerprint density at radius 3 is 2.08 bits per heavy atom. The molecule has 13 nitrogen and oxygen atoms in total. The van der Waals surface area contributed by atoms with Crippen LogP contribution in [0.4, 0.5) is 16.2 Å². The first-order valence-electron chi connectivity index (χ1n) is 15.8. The number of pyridine rings is 1. The highest BCUT2D eigenvalue weighted by atomic mass is 16.6. The SMILES string of the molecule is COc1cc(C2=c3c(cc(OCc4ccccn4)c(OC)c3=C=O)C(=O)N(c3ccc(NC(=O)OC(C)(C)C)cc3)C2OC)cc(OC)c1OC. The number of aromatic nitrogens is 1. The molecule has 0 fully saturated rings. The third-order valence-corrected chi connectivity index (χ3v) is 7.84. The lowest BCUT2D eigenvalue weighted by molar-refractivity contribution is 0.0635. The number of nitrogens with zero attached hydrogens (tertiary/aromatic N) is 2. The molecule has 51 heavy (non-hydrogen) atoms. The number of anilines is 2. The molecule has 1 aliphatic heterocycles. The maximum Gasteiger partial charge on any atom is 0.412 e. The summed E-state index contributed by atoms with van der Waals surface area (Å²) in [6.45, 7) is 5.32. The topological polar surface area (TPSA) is 144 Å². The van der Waals surface area contributed by atoms with Crippen molar-refractivity contribution in [2.75, 3.05) is 45.8 Å². The van der Waals surface area contributed by atoms with E-state index in [2.05, 4.69) is 10.3 Å². The minimum absolute atomic E-state index is 0.0302. The van der Waals surface area contributed by atoms with Crippen molar-refractivity contribution in [2.45, 2.75) is 39.2 Å². The highest BCUT2D eigenvalue weighted by molar-refractivity contribution is 6.11. The van der Waals surface area contributed by atoms with Gasteiger partial charge in [-0.3, -0.25) is 20.0 Å². The number of hydrogen-bond acceptors (Lipinski definition) is 11. The molecule has 2 heterocycles. The first-order valence-corrected chi connectivity index (χ1v) is 15.8. The first-order chi connectivity index (χ1) is 24.5. The maximum atomic E-state index is 14.7. The third-order valence-electron chi connectivity index (χ3n) is 7.84. The van der Waals surface area contributed by atoms with Gasteiger partial charge in [0.05, 0.1) is 39.7 Å². The number of carbonyl (C=O) groups is 2. The predicted molar refractivity (Wildman–Crippen MR) is 188 cm³/mol. The van der Waals surface area contributed by atoms with E-state index in [9.17, 15) is 14.4 Å². The monoisotopic (exact) mass is 697 g/mol. The Hall–Kier alpha value is -6.04. The second-order valence-corrected chi connectivity index (χ2v) is 12.2. The highest BCUT2D eigenvalue weighted by Crippen LogP contribution is 2.42. The Morgan fingerprint density at radius 2 is 1.55 bits per heavy atom. The van der Waals surface area contributed by atoms with Gasteiger partial charge in [-0.15, -0.1) is 0 Å². The van der Waals surface area contributed by atoms with Crippen molar-refractivity contribution in [3.05, 3.63) is 94.1 Å². The van der Waals surface area contributed by atoms with Crippen LogP contribution in [0.5, 0.6) is 28.7 Å². The summed E-state index contributed by atoms with van der Waals surface area (Å²) in [7, 11) is 7.29. The van der Waals surface area contributed by atoms with E-state index in [4.69, 9.17) is 33.2 Å². The van der Waals surface area contributed by atoms with E-state index >= 15 is 0 Å². The molecule has 2 amide bonds. The highest BCUT2D eigenvalue weighted by Gasteiger charge is 2.38. The van der Waals surface area contributed by atoms with Crippen molar-refractivity contribution in [2.24, 2.45) is 0 Å². The molecule has 0 saturated heterocycles. The standard InChI is InChI=1S/C38H39N3O10/c1-38(2,3)51-37(44)40-23-12-14-25(15-13-23)41-35(43)26-19-30(50-21-24-11-9-10-16-39-24)33(47-6)27(20-42)32(26)31(36(41)49-8)22-17-28(45-4)34(48-7)29(18-22)46-5/h9-19,36H,21H2,1-8H3,(H,40,44). The van der Waals surface area contributed by atoms with Gasteiger partial charge >= 0.3 is 6.09 Å². The fraction of sp³-hybridized carbons (Fsp3) is 0.289. The summed E-state index contributed by atoms with van der Waals surface area (Å²) in [5.41, 5.74) is 1.77. The van der Waals surface area contributed by atoms with Gasteiger partial charge in [-0.1, -0.05) is 6.07 Å². The fourth-order valence-corrected chi connectivity index (χ4v) is 5.75. The molecule has 3 aromatic carbocycles. The Labute approximate surface area is 295 Å². The smallest absolute Gasteiger partial charge is 0.412 e. The van der Waals surface area contributed by atoms with Crippen LogP contribution in [0.15, 0.2) is 66.9 Å².